The molecule has 0 aliphatic rings. The van der Waals surface area contributed by atoms with Crippen LogP contribution >= 0.6 is 11.3 Å². The summed E-state index contributed by atoms with van der Waals surface area (Å²) < 4.78 is 7.61. The highest BCUT2D eigenvalue weighted by Crippen LogP contribution is 2.33. The number of ether oxygens (including phenoxy) is 1. The number of aromatic nitrogens is 3. The summed E-state index contributed by atoms with van der Waals surface area (Å²) in [6, 6.07) is 10.6. The number of nitrogens with one attached hydrogen (secondary N) is 1. The highest BCUT2D eigenvalue weighted by Gasteiger charge is 2.12. The Balaban J connectivity index is 1.61. The Morgan fingerprint density at radius 2 is 1.93 bits per heavy atom. The minimum atomic E-state index is 0.786. The van der Waals surface area contributed by atoms with Crippen LogP contribution in [0.15, 0.2) is 48.2 Å². The highest BCUT2D eigenvalue weighted by atomic mass is 32.1. The second kappa shape index (κ2) is 8.32. The van der Waals surface area contributed by atoms with E-state index in [9.17, 15) is 0 Å². The molecule has 6 heteroatoms. The molecule has 154 valence electrons. The van der Waals surface area contributed by atoms with Crippen LogP contribution in [0.1, 0.15) is 29.3 Å². The van der Waals surface area contributed by atoms with Crippen molar-refractivity contribution >= 4 is 22.2 Å². The van der Waals surface area contributed by atoms with Crippen LogP contribution in [0.3, 0.4) is 0 Å². The maximum atomic E-state index is 5.64. The van der Waals surface area contributed by atoms with E-state index < -0.39 is 0 Å². The fourth-order valence-electron chi connectivity index (χ4n) is 3.59. The lowest BCUT2D eigenvalue weighted by atomic mass is 10.0. The summed E-state index contributed by atoms with van der Waals surface area (Å²) in [6.07, 6.45) is 4.80. The standard InChI is InChI=1S/C24H26N4OS/c1-6-18-10-20(16(3)9-15(18)2)26-24-27-21(13-30-24)19-7-8-22(23(11-19)29-5)28-12-17(4)25-14-28/h7-14H,6H2,1-5H3,(H,26,27). The molecular formula is C24H26N4OS. The summed E-state index contributed by atoms with van der Waals surface area (Å²) in [4.78, 5) is 9.11. The molecule has 4 rings (SSSR count). The lowest BCUT2D eigenvalue weighted by Crippen LogP contribution is -1.97. The number of thiazole rings is 1. The largest absolute Gasteiger partial charge is 0.495 e. The molecule has 2 aromatic carbocycles. The van der Waals surface area contributed by atoms with Gasteiger partial charge >= 0.3 is 0 Å². The van der Waals surface area contributed by atoms with Crippen molar-refractivity contribution in [2.45, 2.75) is 34.1 Å². The van der Waals surface area contributed by atoms with Crippen molar-refractivity contribution in [1.29, 1.82) is 0 Å². The van der Waals surface area contributed by atoms with Crippen molar-refractivity contribution in [1.82, 2.24) is 14.5 Å². The number of nitrogens with zero attached hydrogens (tertiary/aromatic N) is 3. The number of anilines is 2. The normalized spacial score (nSPS) is 11.0. The monoisotopic (exact) mass is 418 g/mol. The minimum Gasteiger partial charge on any atom is -0.495 e. The molecule has 2 heterocycles. The summed E-state index contributed by atoms with van der Waals surface area (Å²) in [5.41, 5.74) is 8.90. The second-order valence-electron chi connectivity index (χ2n) is 7.42. The van der Waals surface area contributed by atoms with Gasteiger partial charge in [0, 0.05) is 22.8 Å². The molecular weight excluding hydrogens is 392 g/mol. The number of benzene rings is 2. The van der Waals surface area contributed by atoms with Gasteiger partial charge in [0.05, 0.1) is 30.5 Å². The van der Waals surface area contributed by atoms with Crippen LogP contribution < -0.4 is 10.1 Å². The molecule has 0 atom stereocenters. The summed E-state index contributed by atoms with van der Waals surface area (Å²) in [5.74, 6) is 0.786. The van der Waals surface area contributed by atoms with Crippen molar-refractivity contribution in [2.24, 2.45) is 0 Å². The van der Waals surface area contributed by atoms with Gasteiger partial charge in [-0.25, -0.2) is 9.97 Å². The first-order valence-corrected chi connectivity index (χ1v) is 10.9. The zero-order chi connectivity index (χ0) is 21.3. The van der Waals surface area contributed by atoms with Gasteiger partial charge in [0.1, 0.15) is 5.75 Å². The Morgan fingerprint density at radius 3 is 2.63 bits per heavy atom. The molecule has 0 unspecified atom stereocenters. The topological polar surface area (TPSA) is 52.0 Å². The van der Waals surface area contributed by atoms with E-state index in [-0.39, 0.29) is 0 Å². The maximum absolute atomic E-state index is 5.64. The number of hydrogen-bond donors (Lipinski definition) is 1. The average Bonchev–Trinajstić information content (AvgIpc) is 3.38. The van der Waals surface area contributed by atoms with Crippen LogP contribution in [0.2, 0.25) is 0 Å². The first-order valence-electron chi connectivity index (χ1n) is 10.0. The third-order valence-corrected chi connectivity index (χ3v) is 6.03. The molecule has 0 bridgehead atoms. The van der Waals surface area contributed by atoms with Crippen LogP contribution in [0.4, 0.5) is 10.8 Å². The van der Waals surface area contributed by atoms with Gasteiger partial charge in [-0.2, -0.15) is 0 Å². The Hall–Kier alpha value is -3.12. The zero-order valence-corrected chi connectivity index (χ0v) is 18.8. The van der Waals surface area contributed by atoms with Crippen LogP contribution in [-0.2, 0) is 6.42 Å². The van der Waals surface area contributed by atoms with Gasteiger partial charge in [-0.3, -0.25) is 0 Å². The van der Waals surface area contributed by atoms with E-state index in [0.29, 0.717) is 0 Å². The van der Waals surface area contributed by atoms with E-state index in [1.165, 1.54) is 16.7 Å². The molecule has 0 saturated carbocycles. The third-order valence-electron chi connectivity index (χ3n) is 5.27. The van der Waals surface area contributed by atoms with Crippen LogP contribution in [0.25, 0.3) is 16.9 Å². The van der Waals surface area contributed by atoms with E-state index in [4.69, 9.17) is 9.72 Å². The van der Waals surface area contributed by atoms with Gasteiger partial charge in [-0.1, -0.05) is 19.1 Å². The number of methoxy groups -OCH3 is 1. The second-order valence-corrected chi connectivity index (χ2v) is 8.28. The van der Waals surface area contributed by atoms with E-state index in [1.807, 2.05) is 29.8 Å². The van der Waals surface area contributed by atoms with Gasteiger partial charge in [0.25, 0.3) is 0 Å². The molecule has 0 radical (unpaired) electrons. The Bertz CT molecular complexity index is 1190. The predicted molar refractivity (Wildman–Crippen MR) is 125 cm³/mol. The number of aryl methyl sites for hydroxylation is 4. The van der Waals surface area contributed by atoms with Crippen LogP contribution in [-0.4, -0.2) is 21.6 Å². The summed E-state index contributed by atoms with van der Waals surface area (Å²) in [7, 11) is 1.69. The van der Waals surface area contributed by atoms with E-state index >= 15 is 0 Å². The van der Waals surface area contributed by atoms with Crippen LogP contribution in [0.5, 0.6) is 5.75 Å². The lowest BCUT2D eigenvalue weighted by Gasteiger charge is -2.12. The van der Waals surface area contributed by atoms with Crippen molar-refractivity contribution in [3.8, 4) is 22.7 Å². The fourth-order valence-corrected chi connectivity index (χ4v) is 4.33. The Labute approximate surface area is 181 Å². The van der Waals surface area contributed by atoms with Crippen LogP contribution in [0, 0.1) is 20.8 Å². The third kappa shape index (κ3) is 3.96. The van der Waals surface area contributed by atoms with Gasteiger partial charge in [0.2, 0.25) is 0 Å². The van der Waals surface area contributed by atoms with Gasteiger partial charge in [-0.15, -0.1) is 11.3 Å². The smallest absolute Gasteiger partial charge is 0.187 e. The molecule has 4 aromatic rings. The minimum absolute atomic E-state index is 0.786. The van der Waals surface area contributed by atoms with E-state index in [2.05, 4.69) is 54.7 Å². The molecule has 5 nitrogen and oxygen atoms in total. The first-order chi connectivity index (χ1) is 14.5. The molecule has 0 aliphatic carbocycles. The highest BCUT2D eigenvalue weighted by molar-refractivity contribution is 7.14. The van der Waals surface area contributed by atoms with Gasteiger partial charge in [-0.05, 0) is 62.1 Å². The summed E-state index contributed by atoms with van der Waals surface area (Å²) in [5, 5.41) is 6.45. The predicted octanol–water partition coefficient (Wildman–Crippen LogP) is 6.24. The molecule has 0 saturated heterocycles. The molecule has 0 aliphatic heterocycles. The maximum Gasteiger partial charge on any atom is 0.187 e. The Kier molecular flexibility index (Phi) is 5.59. The first kappa shape index (κ1) is 20.2. The van der Waals surface area contributed by atoms with Gasteiger partial charge < -0.3 is 14.6 Å². The molecule has 0 spiro atoms. The molecule has 30 heavy (non-hydrogen) atoms. The van der Waals surface area contributed by atoms with Crippen molar-refractivity contribution in [3.63, 3.8) is 0 Å². The van der Waals surface area contributed by atoms with Crippen molar-refractivity contribution < 1.29 is 4.74 Å². The quantitative estimate of drug-likeness (QED) is 0.403. The lowest BCUT2D eigenvalue weighted by molar-refractivity contribution is 0.413. The number of imidazole rings is 1. The molecule has 0 amide bonds. The van der Waals surface area contributed by atoms with Crippen molar-refractivity contribution in [2.75, 3.05) is 12.4 Å². The van der Waals surface area contributed by atoms with E-state index in [1.54, 1.807) is 24.8 Å². The zero-order valence-electron chi connectivity index (χ0n) is 18.0. The van der Waals surface area contributed by atoms with Gasteiger partial charge in [0.15, 0.2) is 5.13 Å². The number of rotatable bonds is 6. The molecule has 1 N–H and O–H groups in total. The Morgan fingerprint density at radius 1 is 1.10 bits per heavy atom. The molecule has 0 fully saturated rings. The van der Waals surface area contributed by atoms with Crippen molar-refractivity contribution in [3.05, 3.63) is 70.6 Å². The summed E-state index contributed by atoms with van der Waals surface area (Å²) >= 11 is 1.60. The number of hydrogen-bond acceptors (Lipinski definition) is 5. The van der Waals surface area contributed by atoms with E-state index in [0.717, 1.165) is 45.6 Å². The molecule has 2 aromatic heterocycles. The average molecular weight is 419 g/mol. The fraction of sp³-hybridized carbons (Fsp3) is 0.250. The SMILES string of the molecule is CCc1cc(Nc2nc(-c3ccc(-n4cnc(C)c4)c(OC)c3)cs2)c(C)cc1C. The summed E-state index contributed by atoms with van der Waals surface area (Å²) in [6.45, 7) is 8.45.